The fraction of sp³-hybridized carbons (Fsp3) is 0.259. The summed E-state index contributed by atoms with van der Waals surface area (Å²) in [5.74, 6) is 0.881. The Morgan fingerprint density at radius 1 is 1.00 bits per heavy atom. The molecule has 4 aromatic rings. The minimum atomic E-state index is 0.316. The summed E-state index contributed by atoms with van der Waals surface area (Å²) in [7, 11) is 2.23. The Balaban J connectivity index is 1.61. The molecular formula is C27H26ClN3. The predicted molar refractivity (Wildman–Crippen MR) is 128 cm³/mol. The summed E-state index contributed by atoms with van der Waals surface area (Å²) in [4.78, 5) is 11.6. The molecule has 3 heterocycles. The van der Waals surface area contributed by atoms with E-state index in [1.165, 1.54) is 30.5 Å². The quantitative estimate of drug-likeness (QED) is 0.351. The molecule has 156 valence electrons. The van der Waals surface area contributed by atoms with Crippen molar-refractivity contribution in [1.82, 2.24) is 14.9 Å². The van der Waals surface area contributed by atoms with E-state index in [2.05, 4.69) is 59.4 Å². The third kappa shape index (κ3) is 4.21. The van der Waals surface area contributed by atoms with Crippen LogP contribution >= 0.6 is 11.6 Å². The maximum absolute atomic E-state index is 6.55. The first-order valence-electron chi connectivity index (χ1n) is 10.9. The predicted octanol–water partition coefficient (Wildman–Crippen LogP) is 6.42. The topological polar surface area (TPSA) is 29.0 Å². The van der Waals surface area contributed by atoms with Gasteiger partial charge >= 0.3 is 0 Å². The smallest absolute Gasteiger partial charge is 0.137 e. The van der Waals surface area contributed by atoms with E-state index in [0.717, 1.165) is 28.6 Å². The van der Waals surface area contributed by atoms with Crippen molar-refractivity contribution < 1.29 is 0 Å². The molecule has 0 amide bonds. The standard InChI is InChI=1S/C27H26ClN3/c1-31-14-6-10-22(18-31)26(21-9-5-13-29-17-21)20-11-12-25-23(15-20)16-24(27(28)30-25)19-7-3-2-4-8-19/h2-5,7-9,11-13,15-17,22,26H,6,10,14,18H2,1H3. The highest BCUT2D eigenvalue weighted by Crippen LogP contribution is 2.38. The molecule has 0 aliphatic carbocycles. The Labute approximate surface area is 188 Å². The van der Waals surface area contributed by atoms with E-state index in [-0.39, 0.29) is 0 Å². The third-order valence-corrected chi connectivity index (χ3v) is 6.70. The fourth-order valence-corrected chi connectivity index (χ4v) is 5.21. The van der Waals surface area contributed by atoms with Gasteiger partial charge in [-0.25, -0.2) is 4.98 Å². The molecule has 3 nitrogen and oxygen atoms in total. The number of halogens is 1. The number of fused-ring (bicyclic) bond motifs is 1. The molecule has 1 aliphatic rings. The zero-order valence-corrected chi connectivity index (χ0v) is 18.5. The number of likely N-dealkylation sites (tertiary alicyclic amines) is 1. The van der Waals surface area contributed by atoms with Crippen LogP contribution in [0.1, 0.15) is 29.9 Å². The van der Waals surface area contributed by atoms with Crippen LogP contribution in [0.2, 0.25) is 5.15 Å². The average molecular weight is 428 g/mol. The van der Waals surface area contributed by atoms with Crippen molar-refractivity contribution in [2.75, 3.05) is 20.1 Å². The molecule has 4 heteroatoms. The van der Waals surface area contributed by atoms with Crippen LogP contribution in [0.15, 0.2) is 79.1 Å². The maximum Gasteiger partial charge on any atom is 0.137 e. The summed E-state index contributed by atoms with van der Waals surface area (Å²) in [5.41, 5.74) is 5.60. The van der Waals surface area contributed by atoms with Crippen molar-refractivity contribution in [3.05, 3.63) is 95.4 Å². The second kappa shape index (κ2) is 8.78. The molecule has 2 unspecified atom stereocenters. The van der Waals surface area contributed by atoms with Crippen molar-refractivity contribution in [2.24, 2.45) is 5.92 Å². The minimum Gasteiger partial charge on any atom is -0.306 e. The van der Waals surface area contributed by atoms with E-state index in [4.69, 9.17) is 16.6 Å². The van der Waals surface area contributed by atoms with E-state index >= 15 is 0 Å². The van der Waals surface area contributed by atoms with Gasteiger partial charge in [-0.15, -0.1) is 0 Å². The number of pyridine rings is 2. The van der Waals surface area contributed by atoms with Crippen LogP contribution in [-0.2, 0) is 0 Å². The second-order valence-electron chi connectivity index (χ2n) is 8.57. The number of rotatable bonds is 4. The molecule has 0 saturated carbocycles. The minimum absolute atomic E-state index is 0.316. The number of piperidine rings is 1. The van der Waals surface area contributed by atoms with Gasteiger partial charge in [-0.1, -0.05) is 54.1 Å². The lowest BCUT2D eigenvalue weighted by Gasteiger charge is -2.35. The van der Waals surface area contributed by atoms with Crippen LogP contribution in [0, 0.1) is 5.92 Å². The van der Waals surface area contributed by atoms with Gasteiger partial charge in [0.1, 0.15) is 5.15 Å². The molecule has 5 rings (SSSR count). The molecule has 0 spiro atoms. The molecule has 0 radical (unpaired) electrons. The van der Waals surface area contributed by atoms with E-state index < -0.39 is 0 Å². The lowest BCUT2D eigenvalue weighted by molar-refractivity contribution is 0.196. The fourth-order valence-electron chi connectivity index (χ4n) is 4.96. The van der Waals surface area contributed by atoms with Crippen LogP contribution < -0.4 is 0 Å². The maximum atomic E-state index is 6.55. The van der Waals surface area contributed by atoms with Crippen molar-refractivity contribution in [3.63, 3.8) is 0 Å². The molecule has 0 N–H and O–H groups in total. The Bertz CT molecular complexity index is 1180. The summed E-state index contributed by atoms with van der Waals surface area (Å²) in [6, 6.07) is 23.3. The van der Waals surface area contributed by atoms with Gasteiger partial charge in [-0.3, -0.25) is 4.98 Å². The zero-order valence-electron chi connectivity index (χ0n) is 17.7. The van der Waals surface area contributed by atoms with Gasteiger partial charge in [-0.2, -0.15) is 0 Å². The second-order valence-corrected chi connectivity index (χ2v) is 8.93. The van der Waals surface area contributed by atoms with Gasteiger partial charge in [0.2, 0.25) is 0 Å². The Morgan fingerprint density at radius 2 is 1.87 bits per heavy atom. The number of aromatic nitrogens is 2. The monoisotopic (exact) mass is 427 g/mol. The molecule has 1 fully saturated rings. The molecule has 2 atom stereocenters. The SMILES string of the molecule is CN1CCCC(C(c2cccnc2)c2ccc3nc(Cl)c(-c4ccccc4)cc3c2)C1. The van der Waals surface area contributed by atoms with Gasteiger partial charge in [0, 0.05) is 35.8 Å². The van der Waals surface area contributed by atoms with Crippen molar-refractivity contribution in [3.8, 4) is 11.1 Å². The largest absolute Gasteiger partial charge is 0.306 e. The first-order chi connectivity index (χ1) is 15.2. The van der Waals surface area contributed by atoms with Crippen LogP contribution in [0.5, 0.6) is 0 Å². The summed E-state index contributed by atoms with van der Waals surface area (Å²) >= 11 is 6.55. The van der Waals surface area contributed by atoms with E-state index in [1.54, 1.807) is 0 Å². The average Bonchev–Trinajstić information content (AvgIpc) is 2.80. The van der Waals surface area contributed by atoms with Crippen LogP contribution in [0.4, 0.5) is 0 Å². The van der Waals surface area contributed by atoms with Gasteiger partial charge < -0.3 is 4.90 Å². The molecule has 1 saturated heterocycles. The number of nitrogens with zero attached hydrogens (tertiary/aromatic N) is 3. The Morgan fingerprint density at radius 3 is 2.65 bits per heavy atom. The number of hydrogen-bond acceptors (Lipinski definition) is 3. The van der Waals surface area contributed by atoms with E-state index in [1.807, 2.05) is 36.7 Å². The highest BCUT2D eigenvalue weighted by atomic mass is 35.5. The third-order valence-electron chi connectivity index (χ3n) is 6.41. The molecule has 1 aliphatic heterocycles. The highest BCUT2D eigenvalue weighted by Gasteiger charge is 2.29. The highest BCUT2D eigenvalue weighted by molar-refractivity contribution is 6.32. The molecular weight excluding hydrogens is 402 g/mol. The normalized spacial score (nSPS) is 18.2. The van der Waals surface area contributed by atoms with Gasteiger partial charge in [0.15, 0.2) is 0 Å². The summed E-state index contributed by atoms with van der Waals surface area (Å²) in [6.07, 6.45) is 6.35. The summed E-state index contributed by atoms with van der Waals surface area (Å²) in [5, 5.41) is 1.67. The van der Waals surface area contributed by atoms with E-state index in [0.29, 0.717) is 17.0 Å². The molecule has 0 bridgehead atoms. The zero-order chi connectivity index (χ0) is 21.2. The molecule has 31 heavy (non-hydrogen) atoms. The van der Waals surface area contributed by atoms with Gasteiger partial charge in [0.05, 0.1) is 5.52 Å². The summed E-state index contributed by atoms with van der Waals surface area (Å²) < 4.78 is 0. The van der Waals surface area contributed by atoms with E-state index in [9.17, 15) is 0 Å². The van der Waals surface area contributed by atoms with Crippen molar-refractivity contribution in [2.45, 2.75) is 18.8 Å². The lowest BCUT2D eigenvalue weighted by atomic mass is 9.77. The van der Waals surface area contributed by atoms with Crippen molar-refractivity contribution >= 4 is 22.5 Å². The molecule has 2 aromatic carbocycles. The first kappa shape index (κ1) is 20.2. The number of hydrogen-bond donors (Lipinski definition) is 0. The van der Waals surface area contributed by atoms with Crippen LogP contribution in [-0.4, -0.2) is 35.0 Å². The van der Waals surface area contributed by atoms with Gasteiger partial charge in [-0.05, 0) is 73.3 Å². The lowest BCUT2D eigenvalue weighted by Crippen LogP contribution is -2.35. The first-order valence-corrected chi connectivity index (χ1v) is 11.3. The van der Waals surface area contributed by atoms with Gasteiger partial charge in [0.25, 0.3) is 0 Å². The Kier molecular flexibility index (Phi) is 5.71. The van der Waals surface area contributed by atoms with Crippen LogP contribution in [0.3, 0.4) is 0 Å². The summed E-state index contributed by atoms with van der Waals surface area (Å²) in [6.45, 7) is 2.28. The molecule has 2 aromatic heterocycles. The Hall–Kier alpha value is -2.75. The van der Waals surface area contributed by atoms with Crippen molar-refractivity contribution in [1.29, 1.82) is 0 Å². The number of benzene rings is 2. The van der Waals surface area contributed by atoms with Crippen LogP contribution in [0.25, 0.3) is 22.0 Å².